The first kappa shape index (κ1) is 25.3. The lowest BCUT2D eigenvalue weighted by molar-refractivity contribution is -0.109. The Morgan fingerprint density at radius 3 is 1.82 bits per heavy atom. The van der Waals surface area contributed by atoms with Gasteiger partial charge in [0.15, 0.2) is 0 Å². The quantitative estimate of drug-likeness (QED) is 0.410. The van der Waals surface area contributed by atoms with E-state index in [9.17, 15) is 4.79 Å². The fourth-order valence-electron chi connectivity index (χ4n) is 5.61. The first-order valence-electron chi connectivity index (χ1n) is 11.2. The van der Waals surface area contributed by atoms with Gasteiger partial charge in [-0.25, -0.2) is 0 Å². The molecule has 0 aromatic heterocycles. The number of nitrogens with zero attached hydrogens (tertiary/aromatic N) is 1. The molecule has 1 aliphatic rings. The monoisotopic (exact) mass is 407 g/mol. The smallest absolute Gasteiger partial charge is 0.202 e. The fourth-order valence-corrected chi connectivity index (χ4v) is 12.7. The normalized spacial score (nSPS) is 23.2. The molecule has 0 heterocycles. The number of carbonyl (C=O) groups is 1. The zero-order valence-corrected chi connectivity index (χ0v) is 21.6. The summed E-state index contributed by atoms with van der Waals surface area (Å²) in [6.07, 6.45) is 3.11. The second-order valence-electron chi connectivity index (χ2n) is 10.6. The Hall–Kier alpha value is -0.743. The number of Topliss-reactive ketones (excluding diaryl/α,β-unsaturated/α-hetero) is 1. The number of hydrogen-bond acceptors (Lipinski definition) is 3. The van der Waals surface area contributed by atoms with Crippen molar-refractivity contribution in [2.45, 2.75) is 123 Å². The average molecular weight is 408 g/mol. The molecule has 1 rings (SSSR count). The van der Waals surface area contributed by atoms with Crippen LogP contribution in [0.2, 0.25) is 16.6 Å². The zero-order valence-electron chi connectivity index (χ0n) is 20.6. The van der Waals surface area contributed by atoms with E-state index < -0.39 is 13.7 Å². The molecule has 1 aliphatic carbocycles. The van der Waals surface area contributed by atoms with Crippen LogP contribution in [-0.4, -0.2) is 37.8 Å². The highest BCUT2D eigenvalue weighted by Crippen LogP contribution is 2.52. The number of methoxy groups -OCH3 is 1. The zero-order chi connectivity index (χ0) is 22.1. The summed E-state index contributed by atoms with van der Waals surface area (Å²) < 4.78 is 6.11. The third kappa shape index (κ3) is 4.23. The average Bonchev–Trinajstić information content (AvgIpc) is 2.74. The maximum atomic E-state index is 14.1. The minimum absolute atomic E-state index is 0.174. The van der Waals surface area contributed by atoms with Gasteiger partial charge in [0, 0.05) is 7.11 Å². The SMILES string of the molecule is CCCCC1=C([Si](C(C)C)(C(C)C)C(C)C)C(=O)C(=NC(C)(C)C)[C@]1(C)OC. The first-order valence-corrected chi connectivity index (χ1v) is 13.4. The molecular formula is C24H45NO2Si. The van der Waals surface area contributed by atoms with Crippen LogP contribution in [0.1, 0.15) is 95.4 Å². The van der Waals surface area contributed by atoms with E-state index in [1.807, 2.05) is 0 Å². The standard InChI is InChI=1S/C24H45NO2Si/c1-13-14-15-19-21(28(16(2)3,17(4)5)18(6)7)20(26)22(24(19,11)27-12)25-23(8,9)10/h16-18H,13-15H2,1-12H3/t24-/m1/s1. The Morgan fingerprint density at radius 1 is 1.04 bits per heavy atom. The van der Waals surface area contributed by atoms with E-state index in [2.05, 4.69) is 76.2 Å². The molecule has 28 heavy (non-hydrogen) atoms. The fraction of sp³-hybridized carbons (Fsp3) is 0.833. The van der Waals surface area contributed by atoms with Crippen molar-refractivity contribution in [1.29, 1.82) is 0 Å². The topological polar surface area (TPSA) is 38.7 Å². The van der Waals surface area contributed by atoms with Gasteiger partial charge in [-0.05, 0) is 67.9 Å². The van der Waals surface area contributed by atoms with Crippen LogP contribution in [0.4, 0.5) is 0 Å². The highest BCUT2D eigenvalue weighted by Gasteiger charge is 2.58. The molecule has 1 atom stereocenters. The van der Waals surface area contributed by atoms with E-state index in [1.165, 1.54) is 5.57 Å². The Bertz CT molecular complexity index is 616. The van der Waals surface area contributed by atoms with Gasteiger partial charge in [0.1, 0.15) is 11.3 Å². The summed E-state index contributed by atoms with van der Waals surface area (Å²) in [6, 6.07) is 0. The molecule has 0 saturated carbocycles. The summed E-state index contributed by atoms with van der Waals surface area (Å²) >= 11 is 0. The molecule has 0 radical (unpaired) electrons. The van der Waals surface area contributed by atoms with Crippen LogP contribution in [0.3, 0.4) is 0 Å². The number of ether oxygens (including phenoxy) is 1. The van der Waals surface area contributed by atoms with Crippen LogP contribution in [0.25, 0.3) is 0 Å². The summed E-state index contributed by atoms with van der Waals surface area (Å²) in [5, 5.41) is 1.13. The van der Waals surface area contributed by atoms with E-state index in [4.69, 9.17) is 9.73 Å². The Kier molecular flexibility index (Phi) is 8.09. The van der Waals surface area contributed by atoms with Gasteiger partial charge in [0.2, 0.25) is 5.78 Å². The number of hydrogen-bond donors (Lipinski definition) is 0. The van der Waals surface area contributed by atoms with Gasteiger partial charge in [-0.1, -0.05) is 54.9 Å². The second kappa shape index (κ2) is 8.95. The molecule has 0 amide bonds. The Labute approximate surface area is 175 Å². The molecule has 0 aromatic carbocycles. The van der Waals surface area contributed by atoms with Gasteiger partial charge in [-0.15, -0.1) is 0 Å². The van der Waals surface area contributed by atoms with Crippen molar-refractivity contribution in [3.63, 3.8) is 0 Å². The summed E-state index contributed by atoms with van der Waals surface area (Å²) in [7, 11) is -0.384. The van der Waals surface area contributed by atoms with Crippen LogP contribution in [0.5, 0.6) is 0 Å². The number of ketones is 1. The maximum absolute atomic E-state index is 14.1. The van der Waals surface area contributed by atoms with Crippen molar-refractivity contribution in [3.8, 4) is 0 Å². The van der Waals surface area contributed by atoms with Gasteiger partial charge in [0.05, 0.1) is 13.6 Å². The number of unbranched alkanes of at least 4 members (excludes halogenated alkanes) is 1. The van der Waals surface area contributed by atoms with Crippen molar-refractivity contribution in [3.05, 3.63) is 10.8 Å². The maximum Gasteiger partial charge on any atom is 0.202 e. The summed E-state index contributed by atoms with van der Waals surface area (Å²) in [5.41, 5.74) is 2.30. The number of rotatable bonds is 8. The molecule has 4 heteroatoms. The largest absolute Gasteiger partial charge is 0.368 e. The minimum atomic E-state index is -2.12. The van der Waals surface area contributed by atoms with Crippen LogP contribution in [0, 0.1) is 0 Å². The number of aliphatic imine (C=N–C) groups is 1. The Morgan fingerprint density at radius 2 is 1.50 bits per heavy atom. The lowest BCUT2D eigenvalue weighted by atomic mass is 9.91. The van der Waals surface area contributed by atoms with Gasteiger partial charge < -0.3 is 4.74 Å². The molecule has 0 fully saturated rings. The van der Waals surface area contributed by atoms with Gasteiger partial charge in [-0.2, -0.15) is 0 Å². The Balaban J connectivity index is 3.99. The van der Waals surface area contributed by atoms with Gasteiger partial charge in [-0.3, -0.25) is 9.79 Å². The molecule has 0 aromatic rings. The molecule has 0 spiro atoms. The van der Waals surface area contributed by atoms with Crippen LogP contribution >= 0.6 is 0 Å². The van der Waals surface area contributed by atoms with Gasteiger partial charge >= 0.3 is 0 Å². The summed E-state index contributed by atoms with van der Waals surface area (Å²) in [4.78, 5) is 19.0. The first-order chi connectivity index (χ1) is 12.7. The summed E-state index contributed by atoms with van der Waals surface area (Å²) in [5.74, 6) is 0.174. The van der Waals surface area contributed by atoms with Crippen molar-refractivity contribution < 1.29 is 9.53 Å². The third-order valence-electron chi connectivity index (χ3n) is 6.71. The molecule has 0 bridgehead atoms. The lowest BCUT2D eigenvalue weighted by Crippen LogP contribution is -2.49. The number of carbonyl (C=O) groups excluding carboxylic acids is 1. The van der Waals surface area contributed by atoms with Crippen molar-refractivity contribution in [2.75, 3.05) is 7.11 Å². The van der Waals surface area contributed by atoms with Crippen molar-refractivity contribution in [2.24, 2.45) is 4.99 Å². The number of allylic oxidation sites excluding steroid dienone is 1. The van der Waals surface area contributed by atoms with Crippen molar-refractivity contribution >= 4 is 19.6 Å². The summed E-state index contributed by atoms with van der Waals surface area (Å²) in [6.45, 7) is 24.4. The van der Waals surface area contributed by atoms with E-state index >= 15 is 0 Å². The second-order valence-corrected chi connectivity index (χ2v) is 16.4. The van der Waals surface area contributed by atoms with E-state index in [0.717, 1.165) is 24.5 Å². The van der Waals surface area contributed by atoms with Crippen molar-refractivity contribution in [1.82, 2.24) is 0 Å². The van der Waals surface area contributed by atoms with Crippen LogP contribution < -0.4 is 0 Å². The molecule has 0 unspecified atom stereocenters. The van der Waals surface area contributed by atoms with Crippen LogP contribution in [0.15, 0.2) is 15.8 Å². The molecule has 0 aliphatic heterocycles. The van der Waals surface area contributed by atoms with E-state index in [0.29, 0.717) is 22.3 Å². The van der Waals surface area contributed by atoms with Crippen LogP contribution in [-0.2, 0) is 9.53 Å². The van der Waals surface area contributed by atoms with Gasteiger partial charge in [0.25, 0.3) is 0 Å². The highest BCUT2D eigenvalue weighted by atomic mass is 28.3. The predicted octanol–water partition coefficient (Wildman–Crippen LogP) is 6.92. The van der Waals surface area contributed by atoms with E-state index in [1.54, 1.807) is 7.11 Å². The molecular weight excluding hydrogens is 362 g/mol. The minimum Gasteiger partial charge on any atom is -0.368 e. The molecule has 0 saturated heterocycles. The lowest BCUT2D eigenvalue weighted by Gasteiger charge is -2.44. The predicted molar refractivity (Wildman–Crippen MR) is 125 cm³/mol. The molecule has 3 nitrogen and oxygen atoms in total. The molecule has 0 N–H and O–H groups in total. The van der Waals surface area contributed by atoms with E-state index in [-0.39, 0.29) is 11.3 Å². The highest BCUT2D eigenvalue weighted by molar-refractivity contribution is 6.96. The molecule has 162 valence electrons. The third-order valence-corrected chi connectivity index (χ3v) is 13.8.